The molecule has 1 atom stereocenters. The first-order valence-corrected chi connectivity index (χ1v) is 12.2. The number of aromatic nitrogens is 3. The lowest BCUT2D eigenvalue weighted by Gasteiger charge is -2.30. The Balaban J connectivity index is 1.84. The fraction of sp³-hybridized carbons (Fsp3) is 0.360. The quantitative estimate of drug-likeness (QED) is 0.426. The van der Waals surface area contributed by atoms with Crippen molar-refractivity contribution in [2.75, 3.05) is 17.3 Å². The van der Waals surface area contributed by atoms with Crippen molar-refractivity contribution < 1.29 is 14.3 Å². The summed E-state index contributed by atoms with van der Waals surface area (Å²) < 4.78 is 12.0. The third kappa shape index (κ3) is 4.95. The Morgan fingerprint density at radius 2 is 1.88 bits per heavy atom. The van der Waals surface area contributed by atoms with Gasteiger partial charge >= 0.3 is 0 Å². The zero-order valence-corrected chi connectivity index (χ0v) is 20.1. The smallest absolute Gasteiger partial charge is 0.247 e. The largest absolute Gasteiger partial charge is 0.494 e. The number of amides is 1. The van der Waals surface area contributed by atoms with E-state index in [2.05, 4.69) is 24.0 Å². The number of benzene rings is 2. The second-order valence-electron chi connectivity index (χ2n) is 8.06. The summed E-state index contributed by atoms with van der Waals surface area (Å²) in [5.74, 6) is 2.44. The van der Waals surface area contributed by atoms with Gasteiger partial charge in [0.05, 0.1) is 12.3 Å². The van der Waals surface area contributed by atoms with Gasteiger partial charge in [-0.25, -0.2) is 0 Å². The highest BCUT2D eigenvalue weighted by Gasteiger charge is 2.35. The number of fused-ring (bicyclic) bond motifs is 3. The normalized spacial score (nSPS) is 14.8. The first-order valence-electron chi connectivity index (χ1n) is 11.2. The van der Waals surface area contributed by atoms with Crippen LogP contribution in [0.4, 0.5) is 5.69 Å². The van der Waals surface area contributed by atoms with Gasteiger partial charge < -0.3 is 9.47 Å². The minimum absolute atomic E-state index is 0.0588. The summed E-state index contributed by atoms with van der Waals surface area (Å²) in [4.78, 5) is 19.6. The number of nitrogens with zero attached hydrogens (tertiary/aromatic N) is 4. The number of carbonyl (C=O) groups excluding carboxylic acids is 1. The highest BCUT2D eigenvalue weighted by atomic mass is 32.2. The van der Waals surface area contributed by atoms with E-state index < -0.39 is 6.23 Å². The van der Waals surface area contributed by atoms with E-state index in [4.69, 9.17) is 14.5 Å². The lowest BCUT2D eigenvalue weighted by atomic mass is 10.1. The Bertz CT molecular complexity index is 1120. The fourth-order valence-corrected chi connectivity index (χ4v) is 4.30. The molecule has 0 aliphatic carbocycles. The SMILES string of the molecule is CCOc1ccc([C@@H]2Oc3nc(SCC(C)C)nnc3-c3ccccc3N2C(=O)CC)cc1. The van der Waals surface area contributed by atoms with Crippen LogP contribution in [0.3, 0.4) is 0 Å². The number of carbonyl (C=O) groups is 1. The van der Waals surface area contributed by atoms with Gasteiger partial charge in [0.2, 0.25) is 23.2 Å². The van der Waals surface area contributed by atoms with Gasteiger partial charge in [-0.05, 0) is 43.2 Å². The molecular formula is C25H28N4O3S. The Hall–Kier alpha value is -3.13. The lowest BCUT2D eigenvalue weighted by molar-refractivity contribution is -0.120. The molecule has 33 heavy (non-hydrogen) atoms. The maximum atomic E-state index is 13.2. The first-order chi connectivity index (χ1) is 16.0. The van der Waals surface area contributed by atoms with Gasteiger partial charge in [0, 0.05) is 23.3 Å². The van der Waals surface area contributed by atoms with Crippen molar-refractivity contribution in [1.29, 1.82) is 0 Å². The van der Waals surface area contributed by atoms with Crippen LogP contribution in [0.5, 0.6) is 11.6 Å². The maximum Gasteiger partial charge on any atom is 0.247 e. The minimum atomic E-state index is -0.699. The van der Waals surface area contributed by atoms with E-state index >= 15 is 0 Å². The molecule has 172 valence electrons. The van der Waals surface area contributed by atoms with Crippen LogP contribution in [0, 0.1) is 5.92 Å². The summed E-state index contributed by atoms with van der Waals surface area (Å²) in [5, 5.41) is 9.35. The topological polar surface area (TPSA) is 77.4 Å². The molecule has 0 unspecified atom stereocenters. The Morgan fingerprint density at radius 1 is 1.12 bits per heavy atom. The van der Waals surface area contributed by atoms with Gasteiger partial charge in [0.25, 0.3) is 0 Å². The minimum Gasteiger partial charge on any atom is -0.494 e. The van der Waals surface area contributed by atoms with Crippen molar-refractivity contribution in [2.45, 2.75) is 45.5 Å². The van der Waals surface area contributed by atoms with E-state index in [9.17, 15) is 4.79 Å². The number of anilines is 1. The molecule has 2 aromatic carbocycles. The molecule has 1 aliphatic heterocycles. The summed E-state index contributed by atoms with van der Waals surface area (Å²) in [7, 11) is 0. The molecule has 0 radical (unpaired) electrons. The Kier molecular flexibility index (Phi) is 7.13. The van der Waals surface area contributed by atoms with Crippen LogP contribution >= 0.6 is 11.8 Å². The molecular weight excluding hydrogens is 436 g/mol. The van der Waals surface area contributed by atoms with Crippen LogP contribution < -0.4 is 14.4 Å². The molecule has 2 heterocycles. The van der Waals surface area contributed by atoms with Crippen molar-refractivity contribution in [3.63, 3.8) is 0 Å². The summed E-state index contributed by atoms with van der Waals surface area (Å²) in [5.41, 5.74) is 2.84. The van der Waals surface area contributed by atoms with E-state index in [1.807, 2.05) is 62.4 Å². The molecule has 0 fully saturated rings. The molecule has 4 rings (SSSR count). The monoisotopic (exact) mass is 464 g/mol. The maximum absolute atomic E-state index is 13.2. The average Bonchev–Trinajstić information content (AvgIpc) is 2.97. The molecule has 8 heteroatoms. The van der Waals surface area contributed by atoms with Crippen LogP contribution in [-0.4, -0.2) is 33.4 Å². The predicted molar refractivity (Wildman–Crippen MR) is 130 cm³/mol. The molecule has 1 amide bonds. The van der Waals surface area contributed by atoms with E-state index in [1.165, 1.54) is 0 Å². The van der Waals surface area contributed by atoms with E-state index in [0.29, 0.717) is 35.7 Å². The predicted octanol–water partition coefficient (Wildman–Crippen LogP) is 5.52. The highest BCUT2D eigenvalue weighted by molar-refractivity contribution is 7.99. The van der Waals surface area contributed by atoms with Gasteiger partial charge in [-0.3, -0.25) is 9.69 Å². The van der Waals surface area contributed by atoms with Gasteiger partial charge in [-0.2, -0.15) is 4.98 Å². The van der Waals surface area contributed by atoms with Crippen molar-refractivity contribution in [3.8, 4) is 22.9 Å². The summed E-state index contributed by atoms with van der Waals surface area (Å²) in [6.07, 6.45) is -0.369. The molecule has 1 aliphatic rings. The zero-order valence-electron chi connectivity index (χ0n) is 19.3. The first kappa shape index (κ1) is 23.0. The van der Waals surface area contributed by atoms with Crippen molar-refractivity contribution in [1.82, 2.24) is 15.2 Å². The molecule has 0 saturated heterocycles. The van der Waals surface area contributed by atoms with Crippen LogP contribution in [0.2, 0.25) is 0 Å². The van der Waals surface area contributed by atoms with Crippen LogP contribution in [0.25, 0.3) is 11.3 Å². The zero-order chi connectivity index (χ0) is 23.4. The van der Waals surface area contributed by atoms with Crippen molar-refractivity contribution >= 4 is 23.4 Å². The second kappa shape index (κ2) is 10.2. The summed E-state index contributed by atoms with van der Waals surface area (Å²) in [6.45, 7) is 8.66. The molecule has 0 bridgehead atoms. The number of rotatable bonds is 7. The van der Waals surface area contributed by atoms with Gasteiger partial charge in [0.15, 0.2) is 5.69 Å². The standard InChI is InChI=1S/C25H28N4O3S/c1-5-21(30)29-20-10-8-7-9-19(20)22-23(26-25(28-27-22)33-15-16(3)4)32-24(29)17-11-13-18(14-12-17)31-6-2/h7-14,16,24H,5-6,15H2,1-4H3/t24-/m0/s1. The average molecular weight is 465 g/mol. The number of hydrogen-bond acceptors (Lipinski definition) is 7. The van der Waals surface area contributed by atoms with Crippen LogP contribution in [0.1, 0.15) is 45.9 Å². The number of para-hydroxylation sites is 1. The molecule has 7 nitrogen and oxygen atoms in total. The molecule has 3 aromatic rings. The lowest BCUT2D eigenvalue weighted by Crippen LogP contribution is -2.37. The van der Waals surface area contributed by atoms with Gasteiger partial charge in [-0.1, -0.05) is 50.7 Å². The van der Waals surface area contributed by atoms with Crippen molar-refractivity contribution in [2.24, 2.45) is 5.92 Å². The third-order valence-corrected chi connectivity index (χ3v) is 6.37. The van der Waals surface area contributed by atoms with Crippen molar-refractivity contribution in [3.05, 3.63) is 54.1 Å². The summed E-state index contributed by atoms with van der Waals surface area (Å²) >= 11 is 1.54. The van der Waals surface area contributed by atoms with E-state index in [1.54, 1.807) is 16.7 Å². The van der Waals surface area contributed by atoms with Crippen LogP contribution in [0.15, 0.2) is 53.7 Å². The van der Waals surface area contributed by atoms with E-state index in [0.717, 1.165) is 28.3 Å². The molecule has 1 aromatic heterocycles. The third-order valence-electron chi connectivity index (χ3n) is 5.10. The molecule has 0 N–H and O–H groups in total. The van der Waals surface area contributed by atoms with Gasteiger partial charge in [-0.15, -0.1) is 10.2 Å². The molecule has 0 spiro atoms. The highest BCUT2D eigenvalue weighted by Crippen LogP contribution is 2.43. The molecule has 0 saturated carbocycles. The van der Waals surface area contributed by atoms with Gasteiger partial charge in [0.1, 0.15) is 5.75 Å². The number of thioether (sulfide) groups is 1. The Morgan fingerprint density at radius 3 is 2.58 bits per heavy atom. The second-order valence-corrected chi connectivity index (χ2v) is 9.05. The number of ether oxygens (including phenoxy) is 2. The summed E-state index contributed by atoms with van der Waals surface area (Å²) in [6, 6.07) is 15.3. The Labute approximate surface area is 198 Å². The fourth-order valence-electron chi connectivity index (χ4n) is 3.57. The van der Waals surface area contributed by atoms with Crippen LogP contribution in [-0.2, 0) is 4.79 Å². The van der Waals surface area contributed by atoms with E-state index in [-0.39, 0.29) is 5.91 Å². The number of hydrogen-bond donors (Lipinski definition) is 0.